The lowest BCUT2D eigenvalue weighted by Gasteiger charge is -2.42. The minimum Gasteiger partial charge on any atom is -0.494 e. The van der Waals surface area contributed by atoms with E-state index in [-0.39, 0.29) is 38.6 Å². The zero-order valence-electron chi connectivity index (χ0n) is 22.9. The number of rotatable bonds is 12. The molecular formula is C31H32N4O7. The molecule has 0 spiro atoms. The van der Waals surface area contributed by atoms with Gasteiger partial charge in [0.2, 0.25) is 0 Å². The highest BCUT2D eigenvalue weighted by atomic mass is 16.5. The number of hydrogen-bond acceptors (Lipinski definition) is 7. The number of carbonyl (C=O) groups excluding carboxylic acids is 3. The minimum absolute atomic E-state index is 0.0865. The van der Waals surface area contributed by atoms with Crippen LogP contribution in [0.3, 0.4) is 0 Å². The molecule has 1 aliphatic heterocycles. The molecule has 1 unspecified atom stereocenters. The average molecular weight is 573 g/mol. The predicted molar refractivity (Wildman–Crippen MR) is 153 cm³/mol. The number of nitrogens with one attached hydrogen (secondary N) is 3. The standard InChI is InChI=1S/C31H32N4O7/c32-26(34-30(40)42-21-22-9-3-1-4-10-22)23-13-15-25(16-14-23)41-20-8-7-17-31(29(38)39,24-11-5-2-6-12-24)35-19-18-33-27(36)28(35)37/h1-6,9-16H,7-8,17-21H2,(H,33,36)(H,38,39)(H2,32,34,40). The van der Waals surface area contributed by atoms with Crippen LogP contribution in [0.5, 0.6) is 5.75 Å². The Bertz CT molecular complexity index is 1410. The van der Waals surface area contributed by atoms with Crippen LogP contribution in [0.25, 0.3) is 0 Å². The summed E-state index contributed by atoms with van der Waals surface area (Å²) in [5.41, 5.74) is 0.0371. The van der Waals surface area contributed by atoms with Crippen LogP contribution in [-0.2, 0) is 31.3 Å². The van der Waals surface area contributed by atoms with E-state index in [0.29, 0.717) is 29.7 Å². The first-order valence-electron chi connectivity index (χ1n) is 13.5. The molecule has 1 aliphatic rings. The lowest BCUT2D eigenvalue weighted by atomic mass is 9.82. The fourth-order valence-electron chi connectivity index (χ4n) is 4.76. The second-order valence-corrected chi connectivity index (χ2v) is 9.64. The third kappa shape index (κ3) is 7.11. The number of nitrogens with zero attached hydrogens (tertiary/aromatic N) is 1. The van der Waals surface area contributed by atoms with Gasteiger partial charge < -0.3 is 24.8 Å². The highest BCUT2D eigenvalue weighted by Crippen LogP contribution is 2.35. The molecule has 3 aromatic rings. The largest absolute Gasteiger partial charge is 0.494 e. The number of unbranched alkanes of at least 4 members (excludes halogenated alkanes) is 1. The molecule has 42 heavy (non-hydrogen) atoms. The summed E-state index contributed by atoms with van der Waals surface area (Å²) in [7, 11) is 0. The normalized spacial score (nSPS) is 14.3. The van der Waals surface area contributed by atoms with Crippen molar-refractivity contribution in [2.75, 3.05) is 19.7 Å². The van der Waals surface area contributed by atoms with Crippen molar-refractivity contribution < 1.29 is 33.8 Å². The van der Waals surface area contributed by atoms with Gasteiger partial charge in [-0.15, -0.1) is 0 Å². The van der Waals surface area contributed by atoms with Crippen LogP contribution in [0, 0.1) is 5.41 Å². The topological polar surface area (TPSA) is 158 Å². The van der Waals surface area contributed by atoms with Gasteiger partial charge in [-0.1, -0.05) is 60.7 Å². The Labute approximate surface area is 242 Å². The molecule has 4 N–H and O–H groups in total. The summed E-state index contributed by atoms with van der Waals surface area (Å²) < 4.78 is 10.9. The molecule has 1 fully saturated rings. The quantitative estimate of drug-likeness (QED) is 0.112. The highest BCUT2D eigenvalue weighted by Gasteiger charge is 2.50. The van der Waals surface area contributed by atoms with Gasteiger partial charge in [-0.05, 0) is 54.7 Å². The van der Waals surface area contributed by atoms with Crippen LogP contribution in [0.4, 0.5) is 4.79 Å². The summed E-state index contributed by atoms with van der Waals surface area (Å²) in [5, 5.41) is 23.4. The Morgan fingerprint density at radius 2 is 1.62 bits per heavy atom. The van der Waals surface area contributed by atoms with Crippen LogP contribution in [0.1, 0.15) is 36.0 Å². The van der Waals surface area contributed by atoms with Gasteiger partial charge >= 0.3 is 23.9 Å². The zero-order valence-corrected chi connectivity index (χ0v) is 22.9. The van der Waals surface area contributed by atoms with E-state index >= 15 is 0 Å². The summed E-state index contributed by atoms with van der Waals surface area (Å²) in [6.07, 6.45) is 0.257. The molecule has 11 nitrogen and oxygen atoms in total. The Balaban J connectivity index is 1.29. The van der Waals surface area contributed by atoms with Crippen LogP contribution in [-0.4, -0.2) is 59.4 Å². The number of carbonyl (C=O) groups is 4. The smallest absolute Gasteiger partial charge is 0.413 e. The summed E-state index contributed by atoms with van der Waals surface area (Å²) in [6.45, 7) is 0.631. The van der Waals surface area contributed by atoms with Gasteiger partial charge in [0.15, 0.2) is 5.54 Å². The van der Waals surface area contributed by atoms with E-state index in [9.17, 15) is 24.3 Å². The molecule has 1 heterocycles. The van der Waals surface area contributed by atoms with Crippen LogP contribution >= 0.6 is 0 Å². The van der Waals surface area contributed by atoms with Crippen LogP contribution < -0.4 is 15.4 Å². The molecule has 0 aromatic heterocycles. The fraction of sp³-hybridized carbons (Fsp3) is 0.258. The molecule has 218 valence electrons. The maximum absolute atomic E-state index is 12.7. The molecule has 11 heteroatoms. The summed E-state index contributed by atoms with van der Waals surface area (Å²) in [6, 6.07) is 24.3. The van der Waals surface area contributed by atoms with Crippen molar-refractivity contribution in [3.05, 3.63) is 102 Å². The van der Waals surface area contributed by atoms with E-state index < -0.39 is 29.4 Å². The number of amides is 3. The maximum Gasteiger partial charge on any atom is 0.413 e. The molecule has 0 bridgehead atoms. The van der Waals surface area contributed by atoms with E-state index in [1.807, 2.05) is 30.3 Å². The van der Waals surface area contributed by atoms with Crippen LogP contribution in [0.2, 0.25) is 0 Å². The fourth-order valence-corrected chi connectivity index (χ4v) is 4.76. The first-order valence-corrected chi connectivity index (χ1v) is 13.5. The lowest BCUT2D eigenvalue weighted by molar-refractivity contribution is -0.166. The summed E-state index contributed by atoms with van der Waals surface area (Å²) in [5.74, 6) is -2.47. The Hall–Kier alpha value is -5.19. The van der Waals surface area contributed by atoms with Gasteiger partial charge in [-0.2, -0.15) is 0 Å². The monoisotopic (exact) mass is 572 g/mol. The maximum atomic E-state index is 12.7. The lowest BCUT2D eigenvalue weighted by Crippen LogP contribution is -2.63. The second kappa shape index (κ2) is 13.9. The first-order chi connectivity index (χ1) is 20.3. The van der Waals surface area contributed by atoms with Crippen molar-refractivity contribution in [2.24, 2.45) is 0 Å². The van der Waals surface area contributed by atoms with Gasteiger partial charge in [0.05, 0.1) is 6.61 Å². The van der Waals surface area contributed by atoms with Crippen molar-refractivity contribution in [1.82, 2.24) is 15.5 Å². The average Bonchev–Trinajstić information content (AvgIpc) is 3.01. The number of alkyl carbamates (subject to hydrolysis) is 1. The number of amidine groups is 1. The van der Waals surface area contributed by atoms with Gasteiger partial charge in [0, 0.05) is 18.7 Å². The number of aliphatic carboxylic acids is 1. The molecular weight excluding hydrogens is 540 g/mol. The van der Waals surface area contributed by atoms with Crippen molar-refractivity contribution in [3.63, 3.8) is 0 Å². The summed E-state index contributed by atoms with van der Waals surface area (Å²) in [4.78, 5) is 50.7. The third-order valence-corrected chi connectivity index (χ3v) is 6.91. The van der Waals surface area contributed by atoms with E-state index in [0.717, 1.165) is 10.5 Å². The SMILES string of the molecule is N=C(NC(=O)OCc1ccccc1)c1ccc(OCCCCC(C(=O)O)(c2ccccc2)N2CCNC(=O)C2=O)cc1. The van der Waals surface area contributed by atoms with Crippen molar-refractivity contribution in [3.8, 4) is 5.75 Å². The number of piperazine rings is 1. The van der Waals surface area contributed by atoms with Crippen molar-refractivity contribution >= 4 is 29.7 Å². The van der Waals surface area contributed by atoms with Gasteiger partial charge in [0.25, 0.3) is 0 Å². The van der Waals surface area contributed by atoms with Gasteiger partial charge in [-0.25, -0.2) is 9.59 Å². The Morgan fingerprint density at radius 3 is 2.29 bits per heavy atom. The minimum atomic E-state index is -1.69. The molecule has 3 aromatic carbocycles. The van der Waals surface area contributed by atoms with Crippen molar-refractivity contribution in [1.29, 1.82) is 5.41 Å². The predicted octanol–water partition coefficient (Wildman–Crippen LogP) is 3.43. The molecule has 0 radical (unpaired) electrons. The van der Waals surface area contributed by atoms with E-state index in [1.54, 1.807) is 54.6 Å². The van der Waals surface area contributed by atoms with E-state index in [1.165, 1.54) is 0 Å². The molecule has 0 aliphatic carbocycles. The molecule has 3 amide bonds. The number of ether oxygens (including phenoxy) is 2. The summed E-state index contributed by atoms with van der Waals surface area (Å²) >= 11 is 0. The number of hydrogen-bond donors (Lipinski definition) is 4. The Kier molecular flexibility index (Phi) is 9.88. The second-order valence-electron chi connectivity index (χ2n) is 9.64. The van der Waals surface area contributed by atoms with Gasteiger partial charge in [-0.3, -0.25) is 20.3 Å². The third-order valence-electron chi connectivity index (χ3n) is 6.91. The zero-order chi connectivity index (χ0) is 30.0. The van der Waals surface area contributed by atoms with Gasteiger partial charge in [0.1, 0.15) is 18.2 Å². The molecule has 1 atom stereocenters. The van der Waals surface area contributed by atoms with E-state index in [4.69, 9.17) is 14.9 Å². The number of benzene rings is 3. The highest BCUT2D eigenvalue weighted by molar-refractivity contribution is 6.36. The molecule has 1 saturated heterocycles. The number of carboxylic acid groups (broad SMARTS) is 1. The first kappa shape index (κ1) is 29.8. The molecule has 0 saturated carbocycles. The van der Waals surface area contributed by atoms with E-state index in [2.05, 4.69) is 10.6 Å². The van der Waals surface area contributed by atoms with Crippen molar-refractivity contribution in [2.45, 2.75) is 31.4 Å². The number of carboxylic acids is 1. The molecule has 4 rings (SSSR count). The Morgan fingerprint density at radius 1 is 0.952 bits per heavy atom. The van der Waals surface area contributed by atoms with Crippen LogP contribution in [0.15, 0.2) is 84.9 Å².